The molecule has 2 fully saturated rings. The van der Waals surface area contributed by atoms with Crippen molar-refractivity contribution in [3.05, 3.63) is 24.2 Å². The molecule has 3 rings (SSSR count). The third-order valence-electron chi connectivity index (χ3n) is 4.58. The molecule has 1 aliphatic heterocycles. The molecule has 1 aromatic rings. The topological polar surface area (TPSA) is 33.5 Å². The molecule has 0 unspecified atom stereocenters. The summed E-state index contributed by atoms with van der Waals surface area (Å²) < 4.78 is 5.33. The van der Waals surface area contributed by atoms with Crippen molar-refractivity contribution in [2.45, 2.75) is 50.5 Å². The van der Waals surface area contributed by atoms with Gasteiger partial charge in [-0.1, -0.05) is 12.8 Å². The van der Waals surface area contributed by atoms with E-state index in [4.69, 9.17) is 4.42 Å². The number of ketones is 1. The van der Waals surface area contributed by atoms with Crippen LogP contribution >= 0.6 is 0 Å². The van der Waals surface area contributed by atoms with Gasteiger partial charge in [-0.15, -0.1) is 0 Å². The Bertz CT molecular complexity index is 398. The highest BCUT2D eigenvalue weighted by atomic mass is 16.3. The lowest BCUT2D eigenvalue weighted by Crippen LogP contribution is -2.52. The van der Waals surface area contributed by atoms with Crippen molar-refractivity contribution in [2.75, 3.05) is 13.1 Å². The minimum atomic E-state index is -0.163. The molecule has 0 amide bonds. The van der Waals surface area contributed by atoms with Crippen molar-refractivity contribution < 1.29 is 9.21 Å². The molecule has 2 aliphatic rings. The summed E-state index contributed by atoms with van der Waals surface area (Å²) in [6.45, 7) is 2.20. The second-order valence-electron chi connectivity index (χ2n) is 5.61. The zero-order chi connectivity index (χ0) is 12.4. The number of Topliss-reactive ketones (excluding diaryl/α,β-unsaturated/α-hetero) is 1. The molecule has 2 heterocycles. The van der Waals surface area contributed by atoms with Crippen LogP contribution in [0.3, 0.4) is 0 Å². The van der Waals surface area contributed by atoms with Crippen molar-refractivity contribution in [1.82, 2.24) is 4.90 Å². The van der Waals surface area contributed by atoms with Crippen molar-refractivity contribution >= 4 is 5.78 Å². The van der Waals surface area contributed by atoms with Crippen molar-refractivity contribution in [1.29, 1.82) is 0 Å². The average Bonchev–Trinajstić information content (AvgIpc) is 3.12. The molecule has 98 valence electrons. The molecular formula is C15H21NO2. The van der Waals surface area contributed by atoms with E-state index in [-0.39, 0.29) is 5.54 Å². The van der Waals surface area contributed by atoms with Crippen LogP contribution in [0, 0.1) is 0 Å². The average molecular weight is 247 g/mol. The van der Waals surface area contributed by atoms with Gasteiger partial charge in [-0.2, -0.15) is 0 Å². The molecule has 0 bridgehead atoms. The van der Waals surface area contributed by atoms with Gasteiger partial charge in [0.05, 0.1) is 18.2 Å². The fourth-order valence-electron chi connectivity index (χ4n) is 3.61. The summed E-state index contributed by atoms with van der Waals surface area (Å²) in [6, 6.07) is 3.77. The third kappa shape index (κ3) is 2.01. The molecule has 0 spiro atoms. The van der Waals surface area contributed by atoms with Gasteiger partial charge in [0, 0.05) is 0 Å². The fraction of sp³-hybridized carbons (Fsp3) is 0.667. The van der Waals surface area contributed by atoms with Crippen LogP contribution in [-0.4, -0.2) is 29.3 Å². The minimum Gasteiger partial charge on any atom is -0.469 e. The number of furan rings is 1. The molecule has 1 aromatic heterocycles. The lowest BCUT2D eigenvalue weighted by molar-refractivity contribution is -0.130. The van der Waals surface area contributed by atoms with Crippen LogP contribution in [0.5, 0.6) is 0 Å². The molecule has 0 atom stereocenters. The van der Waals surface area contributed by atoms with Crippen LogP contribution in [0.2, 0.25) is 0 Å². The summed E-state index contributed by atoms with van der Waals surface area (Å²) in [7, 11) is 0. The smallest absolute Gasteiger partial charge is 0.160 e. The Balaban J connectivity index is 1.78. The van der Waals surface area contributed by atoms with Gasteiger partial charge in [0.2, 0.25) is 0 Å². The summed E-state index contributed by atoms with van der Waals surface area (Å²) >= 11 is 0. The predicted molar refractivity (Wildman–Crippen MR) is 69.4 cm³/mol. The highest BCUT2D eigenvalue weighted by molar-refractivity contribution is 5.90. The minimum absolute atomic E-state index is 0.163. The third-order valence-corrected chi connectivity index (χ3v) is 4.58. The second kappa shape index (κ2) is 4.88. The number of likely N-dealkylation sites (tertiary alicyclic amines) is 1. The molecule has 3 nitrogen and oxygen atoms in total. The highest BCUT2D eigenvalue weighted by Gasteiger charge is 2.46. The molecular weight excluding hydrogens is 226 g/mol. The molecule has 0 radical (unpaired) electrons. The monoisotopic (exact) mass is 247 g/mol. The summed E-state index contributed by atoms with van der Waals surface area (Å²) in [5.74, 6) is 1.18. The van der Waals surface area contributed by atoms with Crippen LogP contribution in [-0.2, 0) is 11.2 Å². The normalized spacial score (nSPS) is 23.6. The SMILES string of the molecule is O=C(Cc1ccco1)C1(N2CCCC2)CCCC1. The Morgan fingerprint density at radius 3 is 2.56 bits per heavy atom. The summed E-state index contributed by atoms with van der Waals surface area (Å²) in [4.78, 5) is 15.2. The van der Waals surface area contributed by atoms with Gasteiger partial charge in [0.1, 0.15) is 5.76 Å². The Morgan fingerprint density at radius 2 is 1.94 bits per heavy atom. The summed E-state index contributed by atoms with van der Waals surface area (Å²) in [6.07, 6.45) is 9.09. The first kappa shape index (κ1) is 12.0. The van der Waals surface area contributed by atoms with Gasteiger partial charge in [-0.3, -0.25) is 9.69 Å². The van der Waals surface area contributed by atoms with Crippen molar-refractivity contribution in [2.24, 2.45) is 0 Å². The van der Waals surface area contributed by atoms with E-state index in [0.717, 1.165) is 31.7 Å². The zero-order valence-electron chi connectivity index (χ0n) is 10.9. The number of carbonyl (C=O) groups excluding carboxylic acids is 1. The van der Waals surface area contributed by atoms with E-state index >= 15 is 0 Å². The number of nitrogens with zero attached hydrogens (tertiary/aromatic N) is 1. The summed E-state index contributed by atoms with van der Waals surface area (Å²) in [5, 5.41) is 0. The first-order chi connectivity index (χ1) is 8.81. The predicted octanol–water partition coefficient (Wildman–Crippen LogP) is 2.80. The maximum atomic E-state index is 12.7. The van der Waals surface area contributed by atoms with Crippen molar-refractivity contribution in [3.8, 4) is 0 Å². The van der Waals surface area contributed by atoms with Gasteiger partial charge in [0.15, 0.2) is 5.78 Å². The second-order valence-corrected chi connectivity index (χ2v) is 5.61. The zero-order valence-corrected chi connectivity index (χ0v) is 10.9. The van der Waals surface area contributed by atoms with E-state index in [0.29, 0.717) is 12.2 Å². The largest absolute Gasteiger partial charge is 0.469 e. The van der Waals surface area contributed by atoms with E-state index in [9.17, 15) is 4.79 Å². The van der Waals surface area contributed by atoms with Crippen LogP contribution in [0.1, 0.15) is 44.3 Å². The van der Waals surface area contributed by atoms with Crippen LogP contribution in [0.25, 0.3) is 0 Å². The Kier molecular flexibility index (Phi) is 3.25. The lowest BCUT2D eigenvalue weighted by Gasteiger charge is -2.37. The van der Waals surface area contributed by atoms with Crippen molar-refractivity contribution in [3.63, 3.8) is 0 Å². The first-order valence-corrected chi connectivity index (χ1v) is 7.12. The van der Waals surface area contributed by atoms with Gasteiger partial charge in [0.25, 0.3) is 0 Å². The number of carbonyl (C=O) groups is 1. The van der Waals surface area contributed by atoms with Crippen LogP contribution in [0.4, 0.5) is 0 Å². The first-order valence-electron chi connectivity index (χ1n) is 7.12. The number of rotatable bonds is 4. The Labute approximate surface area is 108 Å². The van der Waals surface area contributed by atoms with Gasteiger partial charge in [-0.25, -0.2) is 0 Å². The lowest BCUT2D eigenvalue weighted by atomic mass is 9.87. The maximum Gasteiger partial charge on any atom is 0.160 e. The molecule has 18 heavy (non-hydrogen) atoms. The Morgan fingerprint density at radius 1 is 1.22 bits per heavy atom. The maximum absolute atomic E-state index is 12.7. The number of hydrogen-bond donors (Lipinski definition) is 0. The molecule has 1 saturated heterocycles. The van der Waals surface area contributed by atoms with Gasteiger partial charge < -0.3 is 4.42 Å². The molecule has 0 aromatic carbocycles. The molecule has 0 N–H and O–H groups in total. The van der Waals surface area contributed by atoms with Crippen LogP contribution < -0.4 is 0 Å². The van der Waals surface area contributed by atoms with Crippen LogP contribution in [0.15, 0.2) is 22.8 Å². The quantitative estimate of drug-likeness (QED) is 0.820. The highest BCUT2D eigenvalue weighted by Crippen LogP contribution is 2.38. The van der Waals surface area contributed by atoms with E-state index in [1.807, 2.05) is 12.1 Å². The summed E-state index contributed by atoms with van der Waals surface area (Å²) in [5.41, 5.74) is -0.163. The van der Waals surface area contributed by atoms with E-state index in [1.165, 1.54) is 25.7 Å². The van der Waals surface area contributed by atoms with E-state index < -0.39 is 0 Å². The van der Waals surface area contributed by atoms with E-state index in [1.54, 1.807) is 6.26 Å². The molecule has 1 aliphatic carbocycles. The Hall–Kier alpha value is -1.09. The van der Waals surface area contributed by atoms with E-state index in [2.05, 4.69) is 4.90 Å². The molecule has 3 heteroatoms. The number of hydrogen-bond acceptors (Lipinski definition) is 3. The fourth-order valence-corrected chi connectivity index (χ4v) is 3.61. The van der Waals surface area contributed by atoms with Gasteiger partial charge in [-0.05, 0) is 50.9 Å². The van der Waals surface area contributed by atoms with Gasteiger partial charge >= 0.3 is 0 Å². The molecule has 1 saturated carbocycles. The standard InChI is InChI=1S/C15H21NO2/c17-14(12-13-6-5-11-18-13)15(7-1-2-8-15)16-9-3-4-10-16/h5-6,11H,1-4,7-10,12H2.